The third-order valence-electron chi connectivity index (χ3n) is 7.30. The van der Waals surface area contributed by atoms with Crippen LogP contribution in [-0.2, 0) is 5.41 Å². The van der Waals surface area contributed by atoms with Crippen LogP contribution in [0.2, 0.25) is 0 Å². The highest BCUT2D eigenvalue weighted by Gasteiger charge is 2.50. The van der Waals surface area contributed by atoms with Gasteiger partial charge in [0.2, 0.25) is 0 Å². The van der Waals surface area contributed by atoms with E-state index in [0.29, 0.717) is 0 Å². The van der Waals surface area contributed by atoms with Crippen molar-refractivity contribution in [2.75, 3.05) is 0 Å². The van der Waals surface area contributed by atoms with Gasteiger partial charge in [-0.1, -0.05) is 121 Å². The Kier molecular flexibility index (Phi) is 4.62. The van der Waals surface area contributed by atoms with Gasteiger partial charge in [-0.05, 0) is 80.4 Å². The fourth-order valence-electron chi connectivity index (χ4n) is 6.09. The van der Waals surface area contributed by atoms with Gasteiger partial charge in [-0.15, -0.1) is 0 Å². The number of halogens is 3. The van der Waals surface area contributed by atoms with E-state index in [2.05, 4.69) is 151 Å². The molecule has 0 fully saturated rings. The second-order valence-electron chi connectivity index (χ2n) is 8.88. The van der Waals surface area contributed by atoms with Crippen LogP contribution in [0.3, 0.4) is 0 Å². The van der Waals surface area contributed by atoms with Crippen molar-refractivity contribution in [2.24, 2.45) is 0 Å². The van der Waals surface area contributed by atoms with Crippen molar-refractivity contribution >= 4 is 47.8 Å². The van der Waals surface area contributed by atoms with Crippen LogP contribution in [-0.4, -0.2) is 0 Å². The van der Waals surface area contributed by atoms with Crippen LogP contribution in [0.25, 0.3) is 33.4 Å². The Morgan fingerprint density at radius 3 is 1.56 bits per heavy atom. The molecular formula is C31H17Br3. The second kappa shape index (κ2) is 7.52. The molecule has 0 amide bonds. The first kappa shape index (κ1) is 20.9. The molecule has 0 nitrogen and oxygen atoms in total. The number of rotatable bonds is 0. The molecule has 0 atom stereocenters. The quantitative estimate of drug-likeness (QED) is 0.157. The van der Waals surface area contributed by atoms with Gasteiger partial charge in [-0.25, -0.2) is 0 Å². The summed E-state index contributed by atoms with van der Waals surface area (Å²) >= 11 is 11.5. The predicted molar refractivity (Wildman–Crippen MR) is 151 cm³/mol. The minimum absolute atomic E-state index is 0.451. The van der Waals surface area contributed by atoms with E-state index >= 15 is 0 Å². The van der Waals surface area contributed by atoms with Gasteiger partial charge in [0, 0.05) is 19.0 Å². The molecule has 2 aliphatic rings. The average molecular weight is 629 g/mol. The zero-order chi connectivity index (χ0) is 23.0. The van der Waals surface area contributed by atoms with E-state index in [1.54, 1.807) is 0 Å². The lowest BCUT2D eigenvalue weighted by atomic mass is 9.66. The molecular weight excluding hydrogens is 612 g/mol. The summed E-state index contributed by atoms with van der Waals surface area (Å²) in [5, 5.41) is 0. The van der Waals surface area contributed by atoms with Crippen LogP contribution in [0.15, 0.2) is 117 Å². The van der Waals surface area contributed by atoms with Gasteiger partial charge in [-0.3, -0.25) is 0 Å². The fourth-order valence-corrected chi connectivity index (χ4v) is 7.39. The van der Waals surface area contributed by atoms with Crippen LogP contribution in [0.1, 0.15) is 22.3 Å². The Morgan fingerprint density at radius 1 is 0.412 bits per heavy atom. The topological polar surface area (TPSA) is 0 Å². The van der Waals surface area contributed by atoms with E-state index in [0.717, 1.165) is 13.4 Å². The number of hydrogen-bond acceptors (Lipinski definition) is 0. The lowest BCUT2D eigenvalue weighted by Crippen LogP contribution is -2.29. The smallest absolute Gasteiger partial charge is 0.0619 e. The summed E-state index contributed by atoms with van der Waals surface area (Å²) in [6, 6.07) is 37.9. The molecule has 0 N–H and O–H groups in total. The Labute approximate surface area is 224 Å². The van der Waals surface area contributed by atoms with Gasteiger partial charge in [0.25, 0.3) is 0 Å². The highest BCUT2D eigenvalue weighted by molar-refractivity contribution is 9.11. The highest BCUT2D eigenvalue weighted by Crippen LogP contribution is 2.62. The molecule has 0 unspecified atom stereocenters. The Morgan fingerprint density at radius 2 is 0.941 bits per heavy atom. The maximum Gasteiger partial charge on any atom is 0.0726 e. The van der Waals surface area contributed by atoms with Crippen LogP contribution in [0.4, 0.5) is 0 Å². The first-order valence-corrected chi connectivity index (χ1v) is 13.6. The van der Waals surface area contributed by atoms with Crippen molar-refractivity contribution in [3.8, 4) is 33.4 Å². The Bertz CT molecular complexity index is 1570. The summed E-state index contributed by atoms with van der Waals surface area (Å²) in [7, 11) is 0. The Hall–Kier alpha value is -2.46. The fraction of sp³-hybridized carbons (Fsp3) is 0.0323. The molecule has 2 aliphatic carbocycles. The lowest BCUT2D eigenvalue weighted by molar-refractivity contribution is 0.773. The third kappa shape index (κ3) is 2.64. The zero-order valence-corrected chi connectivity index (χ0v) is 22.7. The molecule has 0 aromatic heterocycles. The van der Waals surface area contributed by atoms with E-state index in [-0.39, 0.29) is 0 Å². The summed E-state index contributed by atoms with van der Waals surface area (Å²) in [5.41, 5.74) is 12.4. The molecule has 0 heterocycles. The van der Waals surface area contributed by atoms with Crippen molar-refractivity contribution in [3.63, 3.8) is 0 Å². The molecule has 162 valence electrons. The average Bonchev–Trinajstić information content (AvgIpc) is 3.11. The first-order chi connectivity index (χ1) is 16.6. The van der Waals surface area contributed by atoms with E-state index < -0.39 is 5.41 Å². The van der Waals surface area contributed by atoms with Crippen LogP contribution >= 0.6 is 47.8 Å². The highest BCUT2D eigenvalue weighted by atomic mass is 79.9. The molecule has 5 aromatic carbocycles. The molecule has 0 bridgehead atoms. The molecule has 1 spiro atoms. The van der Waals surface area contributed by atoms with Gasteiger partial charge in [0.05, 0.1) is 5.41 Å². The summed E-state index contributed by atoms with van der Waals surface area (Å²) in [6.07, 6.45) is 0. The van der Waals surface area contributed by atoms with Gasteiger partial charge >= 0.3 is 0 Å². The normalized spacial score (nSPS) is 14.0. The maximum atomic E-state index is 3.91. The summed E-state index contributed by atoms with van der Waals surface area (Å²) in [5.74, 6) is 0. The number of benzene rings is 5. The van der Waals surface area contributed by atoms with Crippen molar-refractivity contribution in [1.82, 2.24) is 0 Å². The van der Waals surface area contributed by atoms with E-state index in [4.69, 9.17) is 0 Å². The van der Waals surface area contributed by atoms with Crippen LogP contribution in [0, 0.1) is 0 Å². The van der Waals surface area contributed by atoms with Crippen LogP contribution < -0.4 is 0 Å². The molecule has 0 aliphatic heterocycles. The van der Waals surface area contributed by atoms with Gasteiger partial charge in [0.1, 0.15) is 0 Å². The van der Waals surface area contributed by atoms with Gasteiger partial charge in [0.15, 0.2) is 0 Å². The van der Waals surface area contributed by atoms with Gasteiger partial charge in [-0.2, -0.15) is 0 Å². The van der Waals surface area contributed by atoms with Crippen LogP contribution in [0.5, 0.6) is 0 Å². The Balaban J connectivity index is 1.80. The molecule has 0 radical (unpaired) electrons. The largest absolute Gasteiger partial charge is 0.0726 e. The van der Waals surface area contributed by atoms with Crippen molar-refractivity contribution in [2.45, 2.75) is 5.41 Å². The predicted octanol–water partition coefficient (Wildman–Crippen LogP) is 9.98. The van der Waals surface area contributed by atoms with Crippen molar-refractivity contribution in [1.29, 1.82) is 0 Å². The SMILES string of the molecule is Brc1ccc2c(c1)C1(c3cc(Br)ccc3-c3ccccc3-2)c2ccccc2-c2c(Br)cccc21. The number of hydrogen-bond donors (Lipinski definition) is 0. The van der Waals surface area contributed by atoms with Gasteiger partial charge < -0.3 is 0 Å². The van der Waals surface area contributed by atoms with E-state index in [9.17, 15) is 0 Å². The van der Waals surface area contributed by atoms with E-state index in [1.165, 1.54) is 55.6 Å². The minimum Gasteiger partial charge on any atom is -0.0619 e. The molecule has 7 rings (SSSR count). The van der Waals surface area contributed by atoms with Crippen molar-refractivity contribution < 1.29 is 0 Å². The van der Waals surface area contributed by atoms with E-state index in [1.807, 2.05) is 0 Å². The summed E-state index contributed by atoms with van der Waals surface area (Å²) in [4.78, 5) is 0. The molecule has 5 aromatic rings. The maximum absolute atomic E-state index is 3.91. The first-order valence-electron chi connectivity index (χ1n) is 11.2. The standard InChI is InChI=1S/C31H17Br3/c32-18-12-14-22-20-6-1-2-7-21(20)23-15-13-19(33)17-28(23)31(27(22)16-18)25-9-4-3-8-24(25)30-26(31)10-5-11-29(30)34/h1-17H. The summed E-state index contributed by atoms with van der Waals surface area (Å²) < 4.78 is 3.30. The molecule has 34 heavy (non-hydrogen) atoms. The zero-order valence-electron chi connectivity index (χ0n) is 17.9. The monoisotopic (exact) mass is 626 g/mol. The third-order valence-corrected chi connectivity index (χ3v) is 8.94. The lowest BCUT2D eigenvalue weighted by Gasteiger charge is -2.35. The number of fused-ring (bicyclic) bond motifs is 12. The second-order valence-corrected chi connectivity index (χ2v) is 11.6. The van der Waals surface area contributed by atoms with Crippen molar-refractivity contribution in [3.05, 3.63) is 139 Å². The molecule has 0 saturated heterocycles. The minimum atomic E-state index is -0.451. The summed E-state index contributed by atoms with van der Waals surface area (Å²) in [6.45, 7) is 0. The molecule has 3 heteroatoms. The molecule has 0 saturated carbocycles.